The lowest BCUT2D eigenvalue weighted by molar-refractivity contribution is 0.464. The molecule has 0 radical (unpaired) electrons. The highest BCUT2D eigenvalue weighted by molar-refractivity contribution is 5.34. The van der Waals surface area contributed by atoms with E-state index in [1.807, 2.05) is 18.2 Å². The van der Waals surface area contributed by atoms with Crippen molar-refractivity contribution in [1.29, 1.82) is 0 Å². The molecule has 0 amide bonds. The number of piperidine rings is 1. The van der Waals surface area contributed by atoms with Crippen LogP contribution in [0.5, 0.6) is 0 Å². The lowest BCUT2D eigenvalue weighted by atomic mass is 10.1. The summed E-state index contributed by atoms with van der Waals surface area (Å²) in [6.45, 7) is 1.12. The summed E-state index contributed by atoms with van der Waals surface area (Å²) in [5, 5.41) is 3.42. The molecule has 14 heavy (non-hydrogen) atoms. The van der Waals surface area contributed by atoms with Crippen LogP contribution in [0.1, 0.15) is 24.8 Å². The fourth-order valence-corrected chi connectivity index (χ4v) is 1.67. The molecule has 2 rings (SSSR count). The molecule has 1 nitrogen and oxygen atoms in total. The third-order valence-corrected chi connectivity index (χ3v) is 2.47. The van der Waals surface area contributed by atoms with Crippen LogP contribution in [0.2, 0.25) is 0 Å². The van der Waals surface area contributed by atoms with Crippen LogP contribution in [0.15, 0.2) is 30.3 Å². The zero-order valence-electron chi connectivity index (χ0n) is 8.29. The summed E-state index contributed by atoms with van der Waals surface area (Å²) in [5.74, 6) is 6.48. The van der Waals surface area contributed by atoms with E-state index < -0.39 is 0 Å². The summed E-state index contributed by atoms with van der Waals surface area (Å²) < 4.78 is 0. The SMILES string of the molecule is C(#CC1CCCCN1)c1ccccc1. The molecule has 0 bridgehead atoms. The van der Waals surface area contributed by atoms with Gasteiger partial charge in [0.15, 0.2) is 0 Å². The predicted molar refractivity (Wildman–Crippen MR) is 59.0 cm³/mol. The van der Waals surface area contributed by atoms with E-state index in [0.717, 1.165) is 12.1 Å². The molecule has 1 heterocycles. The molecule has 1 unspecified atom stereocenters. The van der Waals surface area contributed by atoms with Gasteiger partial charge in [0, 0.05) is 5.56 Å². The molecule has 1 aromatic rings. The molecule has 1 aliphatic rings. The largest absolute Gasteiger partial charge is 0.304 e. The van der Waals surface area contributed by atoms with Gasteiger partial charge < -0.3 is 5.32 Å². The predicted octanol–water partition coefficient (Wildman–Crippen LogP) is 2.18. The van der Waals surface area contributed by atoms with Crippen LogP contribution in [0.3, 0.4) is 0 Å². The van der Waals surface area contributed by atoms with Gasteiger partial charge in [0.1, 0.15) is 0 Å². The molecule has 1 atom stereocenters. The van der Waals surface area contributed by atoms with E-state index in [-0.39, 0.29) is 0 Å². The summed E-state index contributed by atoms with van der Waals surface area (Å²) in [6, 6.07) is 10.6. The first-order chi connectivity index (χ1) is 6.95. The van der Waals surface area contributed by atoms with Crippen LogP contribution in [0, 0.1) is 11.8 Å². The first-order valence-electron chi connectivity index (χ1n) is 5.25. The number of nitrogens with one attached hydrogen (secondary N) is 1. The molecule has 1 N–H and O–H groups in total. The number of rotatable bonds is 0. The highest BCUT2D eigenvalue weighted by atomic mass is 14.9. The molecule has 1 aromatic carbocycles. The topological polar surface area (TPSA) is 12.0 Å². The molecule has 0 saturated carbocycles. The van der Waals surface area contributed by atoms with E-state index >= 15 is 0 Å². The first kappa shape index (κ1) is 9.30. The molecular formula is C13H15N. The fourth-order valence-electron chi connectivity index (χ4n) is 1.67. The Balaban J connectivity index is 1.99. The van der Waals surface area contributed by atoms with Crippen molar-refractivity contribution in [3.63, 3.8) is 0 Å². The van der Waals surface area contributed by atoms with Crippen molar-refractivity contribution >= 4 is 0 Å². The molecule has 1 saturated heterocycles. The quantitative estimate of drug-likeness (QED) is 0.611. The zero-order chi connectivity index (χ0) is 9.64. The summed E-state index contributed by atoms with van der Waals surface area (Å²) >= 11 is 0. The van der Waals surface area contributed by atoms with Gasteiger partial charge >= 0.3 is 0 Å². The maximum atomic E-state index is 3.42. The average molecular weight is 185 g/mol. The third kappa shape index (κ3) is 2.61. The Bertz CT molecular complexity index is 325. The normalized spacial score (nSPS) is 21.0. The average Bonchev–Trinajstić information content (AvgIpc) is 2.29. The smallest absolute Gasteiger partial charge is 0.0693 e. The van der Waals surface area contributed by atoms with Gasteiger partial charge in [0.2, 0.25) is 0 Å². The zero-order valence-corrected chi connectivity index (χ0v) is 8.29. The summed E-state index contributed by atoms with van der Waals surface area (Å²) in [7, 11) is 0. The Kier molecular flexibility index (Phi) is 3.21. The number of benzene rings is 1. The summed E-state index contributed by atoms with van der Waals surface area (Å²) in [6.07, 6.45) is 3.80. The van der Waals surface area contributed by atoms with Crippen LogP contribution < -0.4 is 5.32 Å². The van der Waals surface area contributed by atoms with E-state index in [0.29, 0.717) is 6.04 Å². The minimum Gasteiger partial charge on any atom is -0.304 e. The Morgan fingerprint density at radius 2 is 2.00 bits per heavy atom. The second-order valence-electron chi connectivity index (χ2n) is 3.64. The minimum absolute atomic E-state index is 0.406. The van der Waals surface area contributed by atoms with Crippen molar-refractivity contribution in [2.24, 2.45) is 0 Å². The Morgan fingerprint density at radius 1 is 1.14 bits per heavy atom. The summed E-state index contributed by atoms with van der Waals surface area (Å²) in [5.41, 5.74) is 1.11. The molecule has 1 aliphatic heterocycles. The van der Waals surface area contributed by atoms with Crippen LogP contribution in [0.4, 0.5) is 0 Å². The monoisotopic (exact) mass is 185 g/mol. The lowest BCUT2D eigenvalue weighted by Gasteiger charge is -2.17. The van der Waals surface area contributed by atoms with E-state index in [9.17, 15) is 0 Å². The van der Waals surface area contributed by atoms with Crippen LogP contribution in [-0.2, 0) is 0 Å². The molecule has 0 spiro atoms. The number of hydrogen-bond donors (Lipinski definition) is 1. The fraction of sp³-hybridized carbons (Fsp3) is 0.385. The highest BCUT2D eigenvalue weighted by Gasteiger charge is 2.08. The van der Waals surface area contributed by atoms with Crippen molar-refractivity contribution in [3.8, 4) is 11.8 Å². The highest BCUT2D eigenvalue weighted by Crippen LogP contribution is 2.06. The van der Waals surface area contributed by atoms with Gasteiger partial charge in [0.25, 0.3) is 0 Å². The minimum atomic E-state index is 0.406. The van der Waals surface area contributed by atoms with Gasteiger partial charge in [-0.15, -0.1) is 0 Å². The van der Waals surface area contributed by atoms with Crippen molar-refractivity contribution in [2.75, 3.05) is 6.54 Å². The lowest BCUT2D eigenvalue weighted by Crippen LogP contribution is -2.32. The van der Waals surface area contributed by atoms with E-state index in [4.69, 9.17) is 0 Å². The second-order valence-corrected chi connectivity index (χ2v) is 3.64. The van der Waals surface area contributed by atoms with E-state index in [1.54, 1.807) is 0 Å². The Morgan fingerprint density at radius 3 is 2.71 bits per heavy atom. The van der Waals surface area contributed by atoms with Gasteiger partial charge in [-0.2, -0.15) is 0 Å². The van der Waals surface area contributed by atoms with Gasteiger partial charge in [0.05, 0.1) is 6.04 Å². The van der Waals surface area contributed by atoms with Gasteiger partial charge in [-0.3, -0.25) is 0 Å². The molecular weight excluding hydrogens is 170 g/mol. The van der Waals surface area contributed by atoms with Crippen LogP contribution >= 0.6 is 0 Å². The molecule has 1 heteroatoms. The third-order valence-electron chi connectivity index (χ3n) is 2.47. The number of hydrogen-bond acceptors (Lipinski definition) is 1. The van der Waals surface area contributed by atoms with Crippen LogP contribution in [0.25, 0.3) is 0 Å². The summed E-state index contributed by atoms with van der Waals surface area (Å²) in [4.78, 5) is 0. The Labute approximate surface area is 85.5 Å². The van der Waals surface area contributed by atoms with Crippen molar-refractivity contribution in [3.05, 3.63) is 35.9 Å². The van der Waals surface area contributed by atoms with E-state index in [2.05, 4.69) is 29.3 Å². The molecule has 72 valence electrons. The standard InChI is InChI=1S/C13H15N/c1-2-6-12(7-3-1)9-10-13-8-4-5-11-14-13/h1-3,6-7,13-14H,4-5,8,11H2. The van der Waals surface area contributed by atoms with Crippen LogP contribution in [-0.4, -0.2) is 12.6 Å². The maximum Gasteiger partial charge on any atom is 0.0693 e. The van der Waals surface area contributed by atoms with Crippen molar-refractivity contribution in [2.45, 2.75) is 25.3 Å². The molecule has 1 fully saturated rings. The second kappa shape index (κ2) is 4.83. The van der Waals surface area contributed by atoms with E-state index in [1.165, 1.54) is 19.3 Å². The Hall–Kier alpha value is -1.26. The first-order valence-corrected chi connectivity index (χ1v) is 5.25. The molecule has 0 aliphatic carbocycles. The maximum absolute atomic E-state index is 3.42. The van der Waals surface area contributed by atoms with Crippen molar-refractivity contribution < 1.29 is 0 Å². The molecule has 0 aromatic heterocycles. The van der Waals surface area contributed by atoms with Gasteiger partial charge in [-0.05, 0) is 37.9 Å². The van der Waals surface area contributed by atoms with Gasteiger partial charge in [-0.25, -0.2) is 0 Å². The van der Waals surface area contributed by atoms with Crippen molar-refractivity contribution in [1.82, 2.24) is 5.32 Å². The van der Waals surface area contributed by atoms with Gasteiger partial charge in [-0.1, -0.05) is 30.0 Å².